The number of nitrogens with one attached hydrogen (secondary N) is 1. The molecule has 0 spiro atoms. The summed E-state index contributed by atoms with van der Waals surface area (Å²) in [6.45, 7) is 0.692. The molecule has 0 radical (unpaired) electrons. The van der Waals surface area contributed by atoms with Crippen molar-refractivity contribution in [2.24, 2.45) is 0 Å². The molecule has 1 rings (SSSR count). The van der Waals surface area contributed by atoms with Gasteiger partial charge in [-0.25, -0.2) is 0 Å². The van der Waals surface area contributed by atoms with Gasteiger partial charge in [-0.2, -0.15) is 0 Å². The third kappa shape index (κ3) is 4.71. The van der Waals surface area contributed by atoms with E-state index in [1.807, 2.05) is 0 Å². The Bertz CT molecular complexity index is 505. The number of rotatable bonds is 8. The number of nitro benzene ring substituents is 1. The molecule has 0 aliphatic rings. The predicted molar refractivity (Wildman–Crippen MR) is 80.5 cm³/mol. The second-order valence-electron chi connectivity index (χ2n) is 4.75. The normalized spacial score (nSPS) is 10.2. The quantitative estimate of drug-likeness (QED) is 0.433. The average Bonchev–Trinajstić information content (AvgIpc) is 2.49. The van der Waals surface area contributed by atoms with Crippen molar-refractivity contribution < 1.29 is 14.8 Å². The summed E-state index contributed by atoms with van der Waals surface area (Å²) < 4.78 is 0. The molecule has 7 nitrogen and oxygen atoms in total. The summed E-state index contributed by atoms with van der Waals surface area (Å²) in [4.78, 5) is 24.2. The maximum absolute atomic E-state index is 12.4. The molecular weight excluding hydrogens is 274 g/mol. The van der Waals surface area contributed by atoms with Gasteiger partial charge >= 0.3 is 0 Å². The average molecular weight is 295 g/mol. The first-order valence-electron chi connectivity index (χ1n) is 6.83. The van der Waals surface area contributed by atoms with Gasteiger partial charge in [-0.3, -0.25) is 14.9 Å². The maximum Gasteiger partial charge on any atom is 0.270 e. The van der Waals surface area contributed by atoms with E-state index in [0.717, 1.165) is 12.8 Å². The summed E-state index contributed by atoms with van der Waals surface area (Å²) in [6, 6.07) is 4.19. The van der Waals surface area contributed by atoms with Crippen LogP contribution < -0.4 is 5.32 Å². The molecule has 0 bridgehead atoms. The van der Waals surface area contributed by atoms with Crippen LogP contribution in [0.3, 0.4) is 0 Å². The molecule has 1 aromatic carbocycles. The van der Waals surface area contributed by atoms with E-state index >= 15 is 0 Å². The Hall–Kier alpha value is -2.15. The monoisotopic (exact) mass is 295 g/mol. The highest BCUT2D eigenvalue weighted by atomic mass is 16.6. The lowest BCUT2D eigenvalue weighted by Crippen LogP contribution is -2.28. The molecule has 0 saturated carbocycles. The van der Waals surface area contributed by atoms with Gasteiger partial charge in [-0.15, -0.1) is 0 Å². The van der Waals surface area contributed by atoms with Crippen LogP contribution in [0.25, 0.3) is 0 Å². The molecule has 0 aliphatic heterocycles. The molecule has 7 heteroatoms. The van der Waals surface area contributed by atoms with Crippen LogP contribution >= 0.6 is 0 Å². The van der Waals surface area contributed by atoms with Crippen molar-refractivity contribution in [2.75, 3.05) is 32.6 Å². The van der Waals surface area contributed by atoms with E-state index in [9.17, 15) is 14.9 Å². The second-order valence-corrected chi connectivity index (χ2v) is 4.75. The van der Waals surface area contributed by atoms with Crippen molar-refractivity contribution in [3.05, 3.63) is 33.9 Å². The lowest BCUT2D eigenvalue weighted by molar-refractivity contribution is -0.384. The fourth-order valence-electron chi connectivity index (χ4n) is 1.99. The Balaban J connectivity index is 2.84. The molecule has 21 heavy (non-hydrogen) atoms. The second kappa shape index (κ2) is 8.21. The van der Waals surface area contributed by atoms with Crippen LogP contribution in [0, 0.1) is 10.1 Å². The first-order chi connectivity index (χ1) is 10.0. The van der Waals surface area contributed by atoms with Crippen LogP contribution in [0.5, 0.6) is 0 Å². The standard InChI is InChI=1S/C14H21N3O4/c1-15-13-7-6-11(17(20)21)10-12(13)14(19)16(2)8-4-3-5-9-18/h6-7,10,15,18H,3-5,8-9H2,1-2H3. The van der Waals surface area contributed by atoms with Crippen molar-refractivity contribution in [2.45, 2.75) is 19.3 Å². The Labute approximate surface area is 123 Å². The van der Waals surface area contributed by atoms with Gasteiger partial charge in [0.1, 0.15) is 0 Å². The number of amides is 1. The third-order valence-electron chi connectivity index (χ3n) is 3.21. The molecule has 0 saturated heterocycles. The lowest BCUT2D eigenvalue weighted by Gasteiger charge is -2.18. The van der Waals surface area contributed by atoms with Crippen molar-refractivity contribution >= 4 is 17.3 Å². The number of nitro groups is 1. The number of benzene rings is 1. The summed E-state index contributed by atoms with van der Waals surface area (Å²) in [7, 11) is 3.33. The number of aliphatic hydroxyl groups is 1. The van der Waals surface area contributed by atoms with Gasteiger partial charge in [0, 0.05) is 45.1 Å². The molecule has 0 aliphatic carbocycles. The summed E-state index contributed by atoms with van der Waals surface area (Å²) in [5.41, 5.74) is 0.746. The number of anilines is 1. The minimum Gasteiger partial charge on any atom is -0.396 e. The van der Waals surface area contributed by atoms with E-state index in [1.54, 1.807) is 14.1 Å². The van der Waals surface area contributed by atoms with Crippen molar-refractivity contribution in [1.29, 1.82) is 0 Å². The van der Waals surface area contributed by atoms with Crippen molar-refractivity contribution in [3.8, 4) is 0 Å². The van der Waals surface area contributed by atoms with E-state index in [2.05, 4.69) is 5.32 Å². The van der Waals surface area contributed by atoms with Crippen LogP contribution in [-0.2, 0) is 0 Å². The highest BCUT2D eigenvalue weighted by Gasteiger charge is 2.19. The summed E-state index contributed by atoms with van der Waals surface area (Å²) >= 11 is 0. The Morgan fingerprint density at radius 2 is 2.10 bits per heavy atom. The number of aliphatic hydroxyl groups excluding tert-OH is 1. The molecule has 0 fully saturated rings. The topological polar surface area (TPSA) is 95.7 Å². The van der Waals surface area contributed by atoms with E-state index in [-0.39, 0.29) is 23.8 Å². The number of unbranched alkanes of at least 4 members (excludes halogenated alkanes) is 2. The molecule has 0 unspecified atom stereocenters. The summed E-state index contributed by atoms with van der Waals surface area (Å²) in [5, 5.41) is 22.4. The van der Waals surface area contributed by atoms with E-state index in [1.165, 1.54) is 23.1 Å². The van der Waals surface area contributed by atoms with E-state index in [4.69, 9.17) is 5.11 Å². The zero-order valence-corrected chi connectivity index (χ0v) is 12.3. The van der Waals surface area contributed by atoms with Crippen molar-refractivity contribution in [3.63, 3.8) is 0 Å². The van der Waals surface area contributed by atoms with Crippen LogP contribution in [-0.4, -0.2) is 48.1 Å². The van der Waals surface area contributed by atoms with Gasteiger partial charge in [0.15, 0.2) is 0 Å². The van der Waals surface area contributed by atoms with Crippen molar-refractivity contribution in [1.82, 2.24) is 4.90 Å². The van der Waals surface area contributed by atoms with Gasteiger partial charge in [0.05, 0.1) is 10.5 Å². The van der Waals surface area contributed by atoms with E-state index < -0.39 is 4.92 Å². The zero-order valence-electron chi connectivity index (χ0n) is 12.3. The number of carbonyl (C=O) groups is 1. The SMILES string of the molecule is CNc1ccc([N+](=O)[O-])cc1C(=O)N(C)CCCCCO. The van der Waals surface area contributed by atoms with Crippen LogP contribution in [0.1, 0.15) is 29.6 Å². The fourth-order valence-corrected chi connectivity index (χ4v) is 1.99. The smallest absolute Gasteiger partial charge is 0.270 e. The number of hydrogen-bond acceptors (Lipinski definition) is 5. The van der Waals surface area contributed by atoms with Gasteiger partial charge in [0.25, 0.3) is 11.6 Å². The van der Waals surface area contributed by atoms with Crippen LogP contribution in [0.4, 0.5) is 11.4 Å². The van der Waals surface area contributed by atoms with Gasteiger partial charge in [-0.1, -0.05) is 0 Å². The largest absolute Gasteiger partial charge is 0.396 e. The van der Waals surface area contributed by atoms with Crippen LogP contribution in [0.2, 0.25) is 0 Å². The number of nitrogens with zero attached hydrogens (tertiary/aromatic N) is 2. The number of hydrogen-bond donors (Lipinski definition) is 2. The lowest BCUT2D eigenvalue weighted by atomic mass is 10.1. The zero-order chi connectivity index (χ0) is 15.8. The first-order valence-corrected chi connectivity index (χ1v) is 6.83. The van der Waals surface area contributed by atoms with Gasteiger partial charge in [0.2, 0.25) is 0 Å². The van der Waals surface area contributed by atoms with Gasteiger partial charge < -0.3 is 15.3 Å². The Morgan fingerprint density at radius 1 is 1.38 bits per heavy atom. The van der Waals surface area contributed by atoms with Gasteiger partial charge in [-0.05, 0) is 25.3 Å². The maximum atomic E-state index is 12.4. The predicted octanol–water partition coefficient (Wildman–Crippen LogP) is 1.87. The molecule has 0 atom stereocenters. The minimum atomic E-state index is -0.516. The Kier molecular flexibility index (Phi) is 6.61. The number of carbonyl (C=O) groups excluding carboxylic acids is 1. The first kappa shape index (κ1) is 16.9. The minimum absolute atomic E-state index is 0.106. The van der Waals surface area contributed by atoms with E-state index in [0.29, 0.717) is 18.7 Å². The highest BCUT2D eigenvalue weighted by Crippen LogP contribution is 2.23. The molecule has 0 heterocycles. The molecule has 0 aromatic heterocycles. The highest BCUT2D eigenvalue weighted by molar-refractivity contribution is 6.00. The molecular formula is C14H21N3O4. The number of non-ortho nitro benzene ring substituents is 1. The molecule has 1 aromatic rings. The third-order valence-corrected chi connectivity index (χ3v) is 3.21. The summed E-state index contributed by atoms with van der Waals surface area (Å²) in [5.74, 6) is -0.257. The summed E-state index contributed by atoms with van der Waals surface area (Å²) in [6.07, 6.45) is 2.33. The molecule has 116 valence electrons. The Morgan fingerprint density at radius 3 is 2.67 bits per heavy atom. The molecule has 1 amide bonds. The van der Waals surface area contributed by atoms with Crippen LogP contribution in [0.15, 0.2) is 18.2 Å². The fraction of sp³-hybridized carbons (Fsp3) is 0.500. The molecule has 2 N–H and O–H groups in total.